The van der Waals surface area contributed by atoms with Crippen LogP contribution in [-0.2, 0) is 26.9 Å². The lowest BCUT2D eigenvalue weighted by Gasteiger charge is -2.23. The average molecular weight is 652 g/mol. The smallest absolute Gasteiger partial charge is 0.338 e. The molecule has 1 saturated carbocycles. The van der Waals surface area contributed by atoms with E-state index < -0.39 is 16.8 Å². The number of carbonyl (C=O) groups is 1. The highest BCUT2D eigenvalue weighted by Crippen LogP contribution is 2.52. The molecule has 1 heterocycles. The van der Waals surface area contributed by atoms with Crippen molar-refractivity contribution < 1.29 is 18.8 Å². The van der Waals surface area contributed by atoms with E-state index in [1.165, 1.54) is 0 Å². The zero-order valence-electron chi connectivity index (χ0n) is 21.7. The molecule has 0 saturated heterocycles. The van der Waals surface area contributed by atoms with Crippen LogP contribution < -0.4 is 0 Å². The van der Waals surface area contributed by atoms with Crippen LogP contribution in [0.2, 0.25) is 10.0 Å². The minimum absolute atomic E-state index is 0.0646. The van der Waals surface area contributed by atoms with Crippen LogP contribution in [0.5, 0.6) is 5.75 Å². The fraction of sp³-hybridized carbons (Fsp3) is 0.379. The van der Waals surface area contributed by atoms with E-state index in [2.05, 4.69) is 20.9 Å². The van der Waals surface area contributed by atoms with Crippen molar-refractivity contribution in [1.82, 2.24) is 9.55 Å². The van der Waals surface area contributed by atoms with Crippen molar-refractivity contribution in [3.05, 3.63) is 79.3 Å². The van der Waals surface area contributed by atoms with Crippen LogP contribution in [0.1, 0.15) is 61.0 Å². The first-order chi connectivity index (χ1) is 18.7. The van der Waals surface area contributed by atoms with Gasteiger partial charge in [0, 0.05) is 23.5 Å². The van der Waals surface area contributed by atoms with E-state index in [1.54, 1.807) is 31.3 Å². The summed E-state index contributed by atoms with van der Waals surface area (Å²) in [4.78, 5) is 18.4. The number of aryl methyl sites for hydroxylation is 1. The molecule has 6 nitrogen and oxygen atoms in total. The number of phenolic OH excluding ortho intramolecular Hbond substituents is 1. The average Bonchev–Trinajstić information content (AvgIpc) is 3.66. The number of aromatic hydroxyl groups is 1. The van der Waals surface area contributed by atoms with E-state index in [1.807, 2.05) is 23.8 Å². The fourth-order valence-corrected chi connectivity index (χ4v) is 8.22. The lowest BCUT2D eigenvalue weighted by atomic mass is 9.84. The molecule has 0 radical (unpaired) electrons. The number of imidazole rings is 1. The third-order valence-corrected chi connectivity index (χ3v) is 10.5. The number of rotatable bonds is 8. The van der Waals surface area contributed by atoms with Gasteiger partial charge in [0.15, 0.2) is 0 Å². The first kappa shape index (κ1) is 28.4. The van der Waals surface area contributed by atoms with Gasteiger partial charge in [-0.15, -0.1) is 0 Å². The van der Waals surface area contributed by atoms with Crippen molar-refractivity contribution in [1.29, 1.82) is 0 Å². The summed E-state index contributed by atoms with van der Waals surface area (Å²) in [5.74, 6) is 1.13. The lowest BCUT2D eigenvalue weighted by molar-refractivity contribution is -0.136. The molecule has 2 atom stereocenters. The molecule has 0 aliphatic heterocycles. The van der Waals surface area contributed by atoms with Gasteiger partial charge in [0.2, 0.25) is 0 Å². The number of carbonyl (C=O) groups excluding carboxylic acids is 1. The zero-order valence-corrected chi connectivity index (χ0v) is 25.6. The number of hydrogen-bond donors (Lipinski definition) is 1. The molecule has 5 rings (SSSR count). The second kappa shape index (κ2) is 11.8. The van der Waals surface area contributed by atoms with E-state index in [4.69, 9.17) is 27.9 Å². The Balaban J connectivity index is 1.74. The molecule has 2 aliphatic carbocycles. The summed E-state index contributed by atoms with van der Waals surface area (Å²) in [6.07, 6.45) is 7.15. The third-order valence-electron chi connectivity index (χ3n) is 7.52. The third kappa shape index (κ3) is 5.71. The fourth-order valence-electron chi connectivity index (χ4n) is 5.50. The highest BCUT2D eigenvalue weighted by molar-refractivity contribution is 9.10. The number of hydrogen-bond acceptors (Lipinski definition) is 5. The van der Waals surface area contributed by atoms with E-state index in [0.717, 1.165) is 36.2 Å². The Labute approximate surface area is 249 Å². The van der Waals surface area contributed by atoms with Gasteiger partial charge in [0.05, 0.1) is 54.7 Å². The van der Waals surface area contributed by atoms with Gasteiger partial charge in [-0.25, -0.2) is 9.78 Å². The topological polar surface area (TPSA) is 81.4 Å². The van der Waals surface area contributed by atoms with Crippen LogP contribution in [0.25, 0.3) is 5.57 Å². The van der Waals surface area contributed by atoms with Crippen molar-refractivity contribution in [3.8, 4) is 5.75 Å². The lowest BCUT2D eigenvalue weighted by Crippen LogP contribution is -2.16. The molecule has 39 heavy (non-hydrogen) atoms. The SMILES string of the molecule is CCOC(=O)C1=C(CS(=O)c2c(Cl)cccc2Cl)CCC(C2CC2)c2cc(Br)c(O)c(Cn3ccnc3C)c21. The highest BCUT2D eigenvalue weighted by atomic mass is 79.9. The summed E-state index contributed by atoms with van der Waals surface area (Å²) in [5.41, 5.74) is 3.39. The Morgan fingerprint density at radius 1 is 1.26 bits per heavy atom. The predicted molar refractivity (Wildman–Crippen MR) is 158 cm³/mol. The largest absolute Gasteiger partial charge is 0.506 e. The Morgan fingerprint density at radius 2 is 1.97 bits per heavy atom. The monoisotopic (exact) mass is 650 g/mol. The van der Waals surface area contributed by atoms with E-state index in [0.29, 0.717) is 55.0 Å². The van der Waals surface area contributed by atoms with Crippen molar-refractivity contribution in [2.75, 3.05) is 12.4 Å². The van der Waals surface area contributed by atoms with Gasteiger partial charge in [0.25, 0.3) is 0 Å². The molecule has 0 amide bonds. The first-order valence-electron chi connectivity index (χ1n) is 12.9. The van der Waals surface area contributed by atoms with Crippen molar-refractivity contribution in [3.63, 3.8) is 0 Å². The molecule has 2 unspecified atom stereocenters. The molecular formula is C29H29BrCl2N2O4S. The molecule has 1 N–H and O–H groups in total. The number of ether oxygens (including phenoxy) is 1. The number of esters is 1. The normalized spacial score (nSPS) is 18.0. The first-order valence-corrected chi connectivity index (χ1v) is 15.8. The van der Waals surface area contributed by atoms with Gasteiger partial charge in [-0.3, -0.25) is 4.21 Å². The van der Waals surface area contributed by atoms with E-state index in [9.17, 15) is 14.1 Å². The second-order valence-corrected chi connectivity index (χ2v) is 13.0. The van der Waals surface area contributed by atoms with Crippen LogP contribution >= 0.6 is 39.1 Å². The number of nitrogens with zero attached hydrogens (tertiary/aromatic N) is 2. The quantitative estimate of drug-likeness (QED) is 0.256. The Kier molecular flexibility index (Phi) is 8.57. The van der Waals surface area contributed by atoms with Gasteiger partial charge in [-0.05, 0) is 96.6 Å². The van der Waals surface area contributed by atoms with Crippen molar-refractivity contribution >= 4 is 61.5 Å². The summed E-state index contributed by atoms with van der Waals surface area (Å²) in [5, 5.41) is 12.0. The maximum atomic E-state index is 13.7. The van der Waals surface area contributed by atoms with Gasteiger partial charge in [0.1, 0.15) is 11.6 Å². The molecule has 1 aromatic heterocycles. The summed E-state index contributed by atoms with van der Waals surface area (Å²) < 4.78 is 21.8. The van der Waals surface area contributed by atoms with Gasteiger partial charge >= 0.3 is 5.97 Å². The van der Waals surface area contributed by atoms with Crippen LogP contribution in [0, 0.1) is 12.8 Å². The molecule has 3 aromatic rings. The Bertz CT molecular complexity index is 1480. The van der Waals surface area contributed by atoms with Crippen molar-refractivity contribution in [2.45, 2.75) is 56.9 Å². The van der Waals surface area contributed by atoms with Gasteiger partial charge < -0.3 is 14.4 Å². The zero-order chi connectivity index (χ0) is 27.8. The molecule has 1 fully saturated rings. The predicted octanol–water partition coefficient (Wildman–Crippen LogP) is 7.43. The molecule has 0 bridgehead atoms. The molecule has 206 valence electrons. The minimum atomic E-state index is -1.60. The van der Waals surface area contributed by atoms with E-state index in [-0.39, 0.29) is 24.0 Å². The number of phenols is 1. The molecule has 0 spiro atoms. The summed E-state index contributed by atoms with van der Waals surface area (Å²) in [6.45, 7) is 4.16. The highest BCUT2D eigenvalue weighted by Gasteiger charge is 2.39. The van der Waals surface area contributed by atoms with Crippen LogP contribution in [0.4, 0.5) is 0 Å². The summed E-state index contributed by atoms with van der Waals surface area (Å²) in [6, 6.07) is 6.98. The van der Waals surface area contributed by atoms with Crippen LogP contribution in [0.3, 0.4) is 0 Å². The standard InChI is InChI=1S/C29H29BrCl2N2O4S/c1-3-38-29(36)25-18(15-39(37)28-23(31)5-4-6-24(28)32)9-10-19(17-7-8-17)20-13-22(30)27(35)21(26(20)25)14-34-12-11-33-16(34)2/h4-6,11-13,17,19,35H,3,7-10,14-15H2,1-2H3. The molecule has 2 aliphatic rings. The number of halogens is 3. The van der Waals surface area contributed by atoms with Crippen LogP contribution in [-0.4, -0.2) is 37.2 Å². The Morgan fingerprint density at radius 3 is 2.59 bits per heavy atom. The molecular weight excluding hydrogens is 623 g/mol. The number of fused-ring (bicyclic) bond motifs is 1. The summed E-state index contributed by atoms with van der Waals surface area (Å²) in [7, 11) is -1.60. The maximum absolute atomic E-state index is 13.7. The maximum Gasteiger partial charge on any atom is 0.338 e. The molecule has 10 heteroatoms. The number of benzene rings is 2. The van der Waals surface area contributed by atoms with Crippen LogP contribution in [0.15, 0.2) is 51.6 Å². The minimum Gasteiger partial charge on any atom is -0.506 e. The number of aromatic nitrogens is 2. The van der Waals surface area contributed by atoms with Crippen molar-refractivity contribution in [2.24, 2.45) is 5.92 Å². The van der Waals surface area contributed by atoms with Gasteiger partial charge in [-0.2, -0.15) is 0 Å². The van der Waals surface area contributed by atoms with Gasteiger partial charge in [-0.1, -0.05) is 29.3 Å². The Hall–Kier alpha value is -2.13. The summed E-state index contributed by atoms with van der Waals surface area (Å²) >= 11 is 16.4. The molecule has 2 aromatic carbocycles. The van der Waals surface area contributed by atoms with E-state index >= 15 is 0 Å². The second-order valence-electron chi connectivity index (χ2n) is 9.97.